The largest absolute Gasteiger partial charge is 0.456 e. The van der Waals surface area contributed by atoms with Crippen LogP contribution in [-0.2, 0) is 9.53 Å². The molecule has 1 unspecified atom stereocenters. The Morgan fingerprint density at radius 2 is 2.20 bits per heavy atom. The van der Waals surface area contributed by atoms with Gasteiger partial charge in [-0.15, -0.1) is 6.58 Å². The summed E-state index contributed by atoms with van der Waals surface area (Å²) in [6.45, 7) is 3.23. The molecule has 1 aromatic carbocycles. The highest BCUT2D eigenvalue weighted by Crippen LogP contribution is 2.15. The number of nitrogens with zero attached hydrogens (tertiary/aromatic N) is 5. The van der Waals surface area contributed by atoms with Crippen molar-refractivity contribution < 1.29 is 14.3 Å². The van der Waals surface area contributed by atoms with Gasteiger partial charge in [-0.2, -0.15) is 4.79 Å². The van der Waals surface area contributed by atoms with Crippen molar-refractivity contribution in [2.45, 2.75) is 6.04 Å². The molecule has 0 aliphatic carbocycles. The van der Waals surface area contributed by atoms with E-state index >= 15 is 0 Å². The Labute approximate surface area is 119 Å². The van der Waals surface area contributed by atoms with Crippen molar-refractivity contribution in [1.29, 1.82) is 0 Å². The van der Waals surface area contributed by atoms with Gasteiger partial charge < -0.3 is 10.3 Å². The quantitative estimate of drug-likeness (QED) is 0.200. The van der Waals surface area contributed by atoms with Crippen molar-refractivity contribution in [1.82, 2.24) is 0 Å². The average Bonchev–Trinajstić information content (AvgIpc) is 2.46. The normalized spacial score (nSPS) is 10.7. The molecule has 7 nitrogen and oxygen atoms in total. The first-order valence-corrected chi connectivity index (χ1v) is 5.82. The van der Waals surface area contributed by atoms with Crippen LogP contribution in [-0.4, -0.2) is 29.1 Å². The summed E-state index contributed by atoms with van der Waals surface area (Å²) in [6, 6.07) is 5.65. The van der Waals surface area contributed by atoms with Gasteiger partial charge in [-0.05, 0) is 17.7 Å². The molecule has 0 N–H and O–H groups in total. The van der Waals surface area contributed by atoms with Crippen LogP contribution >= 0.6 is 11.6 Å². The Hall–Kier alpha value is -2.59. The van der Waals surface area contributed by atoms with E-state index < -0.39 is 12.0 Å². The van der Waals surface area contributed by atoms with E-state index in [2.05, 4.69) is 21.4 Å². The van der Waals surface area contributed by atoms with Crippen LogP contribution in [0.5, 0.6) is 0 Å². The number of esters is 1. The van der Waals surface area contributed by atoms with Gasteiger partial charge in [-0.1, -0.05) is 34.9 Å². The number of halogens is 1. The number of benzene rings is 1. The van der Waals surface area contributed by atoms with Crippen molar-refractivity contribution in [3.05, 3.63) is 63.5 Å². The van der Waals surface area contributed by atoms with Crippen molar-refractivity contribution in [3.8, 4) is 0 Å². The van der Waals surface area contributed by atoms with E-state index in [1.54, 1.807) is 18.2 Å². The highest BCUT2D eigenvalue weighted by Gasteiger charge is 2.27. The summed E-state index contributed by atoms with van der Waals surface area (Å²) in [4.78, 5) is 17.3. The van der Waals surface area contributed by atoms with Gasteiger partial charge in [0.2, 0.25) is 0 Å². The molecule has 0 heterocycles. The van der Waals surface area contributed by atoms with Crippen LogP contribution in [0.25, 0.3) is 16.0 Å². The maximum atomic E-state index is 11.8. The monoisotopic (exact) mass is 291 g/mol. The lowest BCUT2D eigenvalue weighted by Crippen LogP contribution is -2.23. The highest BCUT2D eigenvalue weighted by molar-refractivity contribution is 6.45. The van der Waals surface area contributed by atoms with Gasteiger partial charge >= 0.3 is 11.7 Å². The van der Waals surface area contributed by atoms with Crippen LogP contribution in [0, 0.1) is 0 Å². The standard InChI is InChI=1S/C12H10ClN5O2/c1-2-8(17-18-15)7-20-12(19)11(16-14)9-5-3-4-6-10(9)13/h2-6,8H,1,7H2. The first-order valence-electron chi connectivity index (χ1n) is 5.44. The van der Waals surface area contributed by atoms with Gasteiger partial charge in [0.25, 0.3) is 0 Å². The predicted octanol–water partition coefficient (Wildman–Crippen LogP) is 2.77. The lowest BCUT2D eigenvalue weighted by molar-refractivity contribution is -0.140. The van der Waals surface area contributed by atoms with E-state index in [0.717, 1.165) is 0 Å². The minimum atomic E-state index is -0.888. The topological polar surface area (TPSA) is 111 Å². The number of hydrogen-bond acceptors (Lipinski definition) is 3. The van der Waals surface area contributed by atoms with Crippen LogP contribution in [0.15, 0.2) is 42.0 Å². The van der Waals surface area contributed by atoms with Crippen LogP contribution < -0.4 is 0 Å². The zero-order valence-corrected chi connectivity index (χ0v) is 11.1. The van der Waals surface area contributed by atoms with Crippen LogP contribution in [0.4, 0.5) is 0 Å². The summed E-state index contributed by atoms with van der Waals surface area (Å²) >= 11 is 5.90. The number of ether oxygens (including phenoxy) is 1. The summed E-state index contributed by atoms with van der Waals surface area (Å²) in [5.41, 5.74) is 17.1. The van der Waals surface area contributed by atoms with E-state index in [0.29, 0.717) is 0 Å². The fourth-order valence-corrected chi connectivity index (χ4v) is 1.53. The first-order chi connectivity index (χ1) is 9.63. The molecule has 0 fully saturated rings. The van der Waals surface area contributed by atoms with Crippen LogP contribution in [0.3, 0.4) is 0 Å². The maximum Gasteiger partial charge on any atom is 0.422 e. The van der Waals surface area contributed by atoms with Gasteiger partial charge in [0.1, 0.15) is 6.61 Å². The van der Waals surface area contributed by atoms with Crippen LogP contribution in [0.1, 0.15) is 5.56 Å². The second-order valence-electron chi connectivity index (χ2n) is 3.53. The SMILES string of the molecule is C=CC(COC(=O)C(=[N+]=[N-])c1ccccc1Cl)N=[N+]=[N-]. The number of carbonyl (C=O) groups is 1. The van der Waals surface area contributed by atoms with E-state index in [1.165, 1.54) is 12.1 Å². The van der Waals surface area contributed by atoms with Crippen molar-refractivity contribution >= 4 is 23.3 Å². The molecule has 0 radical (unpaired) electrons. The number of azide groups is 1. The zero-order chi connectivity index (χ0) is 15.0. The Bertz CT molecular complexity index is 618. The molecule has 0 bridgehead atoms. The highest BCUT2D eigenvalue weighted by atomic mass is 35.5. The molecule has 1 aromatic rings. The molecule has 0 aliphatic rings. The second-order valence-corrected chi connectivity index (χ2v) is 3.94. The predicted molar refractivity (Wildman–Crippen MR) is 73.3 cm³/mol. The van der Waals surface area contributed by atoms with Gasteiger partial charge in [0.05, 0.1) is 16.6 Å². The van der Waals surface area contributed by atoms with Gasteiger partial charge in [-0.3, -0.25) is 0 Å². The molecule has 1 atom stereocenters. The molecule has 0 aromatic heterocycles. The Balaban J connectivity index is 2.85. The van der Waals surface area contributed by atoms with Crippen molar-refractivity contribution in [3.63, 3.8) is 0 Å². The molecule has 0 aliphatic heterocycles. The summed E-state index contributed by atoms with van der Waals surface area (Å²) in [5.74, 6) is -0.888. The fraction of sp³-hybridized carbons (Fsp3) is 0.167. The summed E-state index contributed by atoms with van der Waals surface area (Å²) in [5, 5.41) is 3.59. The summed E-state index contributed by atoms with van der Waals surface area (Å²) < 4.78 is 4.89. The fourth-order valence-electron chi connectivity index (χ4n) is 1.30. The number of rotatable bonds is 6. The van der Waals surface area contributed by atoms with Crippen molar-refractivity contribution in [2.75, 3.05) is 6.61 Å². The molecular formula is C12H10ClN5O2. The maximum absolute atomic E-state index is 11.8. The summed E-state index contributed by atoms with van der Waals surface area (Å²) in [7, 11) is 0. The molecule has 0 saturated heterocycles. The van der Waals surface area contributed by atoms with E-state index in [4.69, 9.17) is 27.4 Å². The summed E-state index contributed by atoms with van der Waals surface area (Å²) in [6.07, 6.45) is 1.33. The lowest BCUT2D eigenvalue weighted by Gasteiger charge is -2.05. The van der Waals surface area contributed by atoms with Crippen LogP contribution in [0.2, 0.25) is 5.02 Å². The third-order valence-corrected chi connectivity index (χ3v) is 2.61. The Morgan fingerprint density at radius 1 is 1.50 bits per heavy atom. The number of carbonyl (C=O) groups excluding carboxylic acids is 1. The minimum absolute atomic E-state index is 0.212. The molecule has 0 amide bonds. The Morgan fingerprint density at radius 3 is 2.75 bits per heavy atom. The minimum Gasteiger partial charge on any atom is -0.456 e. The van der Waals surface area contributed by atoms with E-state index in [9.17, 15) is 4.79 Å². The third kappa shape index (κ3) is 3.96. The third-order valence-electron chi connectivity index (χ3n) is 2.28. The van der Waals surface area contributed by atoms with Crippen molar-refractivity contribution in [2.24, 2.45) is 5.11 Å². The van der Waals surface area contributed by atoms with Gasteiger partial charge in [0.15, 0.2) is 0 Å². The molecule has 1 rings (SSSR count). The van der Waals surface area contributed by atoms with Gasteiger partial charge in [-0.25, -0.2) is 4.79 Å². The zero-order valence-electron chi connectivity index (χ0n) is 10.3. The number of hydrogen-bond donors (Lipinski definition) is 0. The van der Waals surface area contributed by atoms with E-state index in [-0.39, 0.29) is 22.9 Å². The molecule has 8 heteroatoms. The first kappa shape index (κ1) is 15.5. The molecule has 20 heavy (non-hydrogen) atoms. The molecule has 0 saturated carbocycles. The lowest BCUT2D eigenvalue weighted by atomic mass is 10.1. The Kier molecular flexibility index (Phi) is 6.00. The average molecular weight is 292 g/mol. The van der Waals surface area contributed by atoms with Gasteiger partial charge in [0, 0.05) is 4.91 Å². The molecular weight excluding hydrogens is 282 g/mol. The van der Waals surface area contributed by atoms with E-state index in [1.807, 2.05) is 0 Å². The smallest absolute Gasteiger partial charge is 0.422 e. The molecule has 0 spiro atoms. The molecule has 102 valence electrons. The second kappa shape index (κ2) is 7.76.